The van der Waals surface area contributed by atoms with E-state index in [-0.39, 0.29) is 19.3 Å². The minimum atomic E-state index is -0.737. The van der Waals surface area contributed by atoms with Gasteiger partial charge in [-0.3, -0.25) is 0 Å². The Bertz CT molecular complexity index is 369. The van der Waals surface area contributed by atoms with Crippen LogP contribution in [0.1, 0.15) is 149 Å². The van der Waals surface area contributed by atoms with Gasteiger partial charge in [-0.05, 0) is 38.5 Å². The second-order valence-electron chi connectivity index (χ2n) is 9.72. The minimum Gasteiger partial charge on any atom is -0.394 e. The molecule has 0 spiro atoms. The Hall–Kier alpha value is -0.380. The Kier molecular flexibility index (Phi) is 26.5. The summed E-state index contributed by atoms with van der Waals surface area (Å²) in [5, 5.41) is 18.5. The molecule has 0 saturated carbocycles. The fourth-order valence-corrected chi connectivity index (χ4v) is 4.21. The number of hydrogen-bond donors (Lipinski definition) is 2. The first-order chi connectivity index (χ1) is 15.7. The highest BCUT2D eigenvalue weighted by atomic mass is 16.5. The molecule has 0 rings (SSSR count). The molecule has 3 heteroatoms. The third kappa shape index (κ3) is 24.3. The molecule has 0 aromatic heterocycles. The van der Waals surface area contributed by atoms with Gasteiger partial charge in [-0.2, -0.15) is 0 Å². The SMILES string of the molecule is CCCCCCCCC=CCCCCCCCCCC(CCCCCC)OCC(O)CO. The van der Waals surface area contributed by atoms with E-state index in [2.05, 4.69) is 26.0 Å². The van der Waals surface area contributed by atoms with E-state index in [1.165, 1.54) is 122 Å². The average molecular weight is 455 g/mol. The average Bonchev–Trinajstić information content (AvgIpc) is 2.81. The zero-order valence-electron chi connectivity index (χ0n) is 21.9. The van der Waals surface area contributed by atoms with Crippen molar-refractivity contribution in [1.29, 1.82) is 0 Å². The lowest BCUT2D eigenvalue weighted by molar-refractivity contribution is -0.0350. The normalized spacial score (nSPS) is 13.8. The lowest BCUT2D eigenvalue weighted by Crippen LogP contribution is -2.24. The minimum absolute atomic E-state index is 0.211. The van der Waals surface area contributed by atoms with Crippen LogP contribution in [0.4, 0.5) is 0 Å². The maximum absolute atomic E-state index is 9.56. The van der Waals surface area contributed by atoms with Crippen LogP contribution in [0.25, 0.3) is 0 Å². The zero-order valence-corrected chi connectivity index (χ0v) is 21.9. The smallest absolute Gasteiger partial charge is 0.100 e. The molecule has 0 aliphatic heterocycles. The monoisotopic (exact) mass is 454 g/mol. The Morgan fingerprint density at radius 1 is 0.594 bits per heavy atom. The van der Waals surface area contributed by atoms with Gasteiger partial charge < -0.3 is 14.9 Å². The Labute approximate surface area is 201 Å². The van der Waals surface area contributed by atoms with Gasteiger partial charge in [0.05, 0.1) is 19.3 Å². The number of ether oxygens (including phenoxy) is 1. The number of allylic oxidation sites excluding steroid dienone is 2. The van der Waals surface area contributed by atoms with Crippen molar-refractivity contribution in [2.75, 3.05) is 13.2 Å². The Morgan fingerprint density at radius 2 is 1.00 bits per heavy atom. The highest BCUT2D eigenvalue weighted by Gasteiger charge is 2.11. The van der Waals surface area contributed by atoms with Crippen molar-refractivity contribution in [1.82, 2.24) is 0 Å². The van der Waals surface area contributed by atoms with Gasteiger partial charge in [0.2, 0.25) is 0 Å². The largest absolute Gasteiger partial charge is 0.394 e. The van der Waals surface area contributed by atoms with Crippen LogP contribution >= 0.6 is 0 Å². The first kappa shape index (κ1) is 31.6. The lowest BCUT2D eigenvalue weighted by atomic mass is 10.0. The molecule has 192 valence electrons. The summed E-state index contributed by atoms with van der Waals surface area (Å²) in [6.45, 7) is 4.57. The van der Waals surface area contributed by atoms with E-state index >= 15 is 0 Å². The van der Waals surface area contributed by atoms with E-state index < -0.39 is 6.10 Å². The molecule has 0 fully saturated rings. The summed E-state index contributed by atoms with van der Waals surface area (Å²) >= 11 is 0. The van der Waals surface area contributed by atoms with Crippen LogP contribution in [-0.2, 0) is 4.74 Å². The van der Waals surface area contributed by atoms with Crippen molar-refractivity contribution >= 4 is 0 Å². The van der Waals surface area contributed by atoms with Gasteiger partial charge in [-0.25, -0.2) is 0 Å². The topological polar surface area (TPSA) is 49.7 Å². The van der Waals surface area contributed by atoms with Crippen LogP contribution in [0.3, 0.4) is 0 Å². The van der Waals surface area contributed by atoms with E-state index in [1.807, 2.05) is 0 Å². The van der Waals surface area contributed by atoms with Crippen molar-refractivity contribution in [3.63, 3.8) is 0 Å². The zero-order chi connectivity index (χ0) is 23.5. The van der Waals surface area contributed by atoms with Crippen molar-refractivity contribution in [2.24, 2.45) is 0 Å². The molecular weight excluding hydrogens is 396 g/mol. The summed E-state index contributed by atoms with van der Waals surface area (Å²) in [7, 11) is 0. The second-order valence-corrected chi connectivity index (χ2v) is 9.72. The molecule has 0 amide bonds. The van der Waals surface area contributed by atoms with Gasteiger partial charge in [0.1, 0.15) is 6.10 Å². The molecule has 32 heavy (non-hydrogen) atoms. The van der Waals surface area contributed by atoms with Crippen LogP contribution in [0.5, 0.6) is 0 Å². The van der Waals surface area contributed by atoms with Crippen molar-refractivity contribution in [2.45, 2.75) is 161 Å². The summed E-state index contributed by atoms with van der Waals surface area (Å²) < 4.78 is 5.89. The standard InChI is InChI=1S/C29H58O3/c1-3-5-7-9-10-11-12-13-14-15-16-17-18-19-20-21-23-25-29(24-22-8-6-4-2)32-27-28(31)26-30/h13-14,28-31H,3-12,15-27H2,1-2H3. The molecule has 2 unspecified atom stereocenters. The fraction of sp³-hybridized carbons (Fsp3) is 0.931. The van der Waals surface area contributed by atoms with E-state index in [9.17, 15) is 5.11 Å². The maximum atomic E-state index is 9.56. The molecule has 2 N–H and O–H groups in total. The second kappa shape index (κ2) is 26.9. The molecule has 0 bridgehead atoms. The fourth-order valence-electron chi connectivity index (χ4n) is 4.21. The maximum Gasteiger partial charge on any atom is 0.100 e. The first-order valence-corrected chi connectivity index (χ1v) is 14.3. The van der Waals surface area contributed by atoms with E-state index in [0.717, 1.165) is 12.8 Å². The molecule has 0 aliphatic rings. The number of aliphatic hydroxyl groups is 2. The van der Waals surface area contributed by atoms with Crippen molar-refractivity contribution < 1.29 is 14.9 Å². The van der Waals surface area contributed by atoms with Crippen LogP contribution in [0.2, 0.25) is 0 Å². The van der Waals surface area contributed by atoms with Gasteiger partial charge in [0.25, 0.3) is 0 Å². The van der Waals surface area contributed by atoms with Gasteiger partial charge in [-0.15, -0.1) is 0 Å². The first-order valence-electron chi connectivity index (χ1n) is 14.3. The summed E-state index contributed by atoms with van der Waals surface area (Å²) in [4.78, 5) is 0. The third-order valence-electron chi connectivity index (χ3n) is 6.40. The summed E-state index contributed by atoms with van der Waals surface area (Å²) in [5.74, 6) is 0. The molecule has 0 heterocycles. The van der Waals surface area contributed by atoms with E-state index in [4.69, 9.17) is 9.84 Å². The van der Waals surface area contributed by atoms with Crippen LogP contribution in [0.15, 0.2) is 12.2 Å². The number of aliphatic hydroxyl groups excluding tert-OH is 2. The predicted molar refractivity (Wildman–Crippen MR) is 140 cm³/mol. The highest BCUT2D eigenvalue weighted by molar-refractivity contribution is 4.81. The summed E-state index contributed by atoms with van der Waals surface area (Å²) in [6.07, 6.45) is 31.7. The number of unbranched alkanes of at least 4 members (excludes halogenated alkanes) is 16. The van der Waals surface area contributed by atoms with Crippen LogP contribution in [-0.4, -0.2) is 35.6 Å². The van der Waals surface area contributed by atoms with Gasteiger partial charge in [0.15, 0.2) is 0 Å². The number of hydrogen-bond acceptors (Lipinski definition) is 3. The van der Waals surface area contributed by atoms with Crippen molar-refractivity contribution in [3.8, 4) is 0 Å². The molecule has 0 aromatic carbocycles. The van der Waals surface area contributed by atoms with Crippen molar-refractivity contribution in [3.05, 3.63) is 12.2 Å². The molecular formula is C29H58O3. The highest BCUT2D eigenvalue weighted by Crippen LogP contribution is 2.17. The molecule has 0 saturated heterocycles. The quantitative estimate of drug-likeness (QED) is 0.102. The Balaban J connectivity index is 3.55. The molecule has 0 aliphatic carbocycles. The predicted octanol–water partition coefficient (Wildman–Crippen LogP) is 8.51. The molecule has 0 aromatic rings. The molecule has 2 atom stereocenters. The van der Waals surface area contributed by atoms with E-state index in [0.29, 0.717) is 0 Å². The summed E-state index contributed by atoms with van der Waals surface area (Å²) in [5.41, 5.74) is 0. The molecule has 3 nitrogen and oxygen atoms in total. The Morgan fingerprint density at radius 3 is 1.47 bits per heavy atom. The lowest BCUT2D eigenvalue weighted by Gasteiger charge is -2.19. The van der Waals surface area contributed by atoms with Gasteiger partial charge in [0, 0.05) is 0 Å². The van der Waals surface area contributed by atoms with Gasteiger partial charge in [-0.1, -0.05) is 122 Å². The van der Waals surface area contributed by atoms with Gasteiger partial charge >= 0.3 is 0 Å². The van der Waals surface area contributed by atoms with Crippen LogP contribution < -0.4 is 0 Å². The van der Waals surface area contributed by atoms with Crippen LogP contribution in [0, 0.1) is 0 Å². The summed E-state index contributed by atoms with van der Waals surface area (Å²) in [6, 6.07) is 0. The van der Waals surface area contributed by atoms with E-state index in [1.54, 1.807) is 0 Å². The number of rotatable bonds is 26. The molecule has 0 radical (unpaired) electrons. The third-order valence-corrected chi connectivity index (χ3v) is 6.40.